The van der Waals surface area contributed by atoms with Gasteiger partial charge in [-0.25, -0.2) is 4.39 Å². The number of aryl methyl sites for hydroxylation is 2. The van der Waals surface area contributed by atoms with Crippen LogP contribution in [0.1, 0.15) is 22.9 Å². The van der Waals surface area contributed by atoms with Crippen molar-refractivity contribution in [3.63, 3.8) is 0 Å². The zero-order valence-corrected chi connectivity index (χ0v) is 12.8. The van der Waals surface area contributed by atoms with Crippen molar-refractivity contribution in [2.45, 2.75) is 19.3 Å². The zero-order valence-electron chi connectivity index (χ0n) is 12.8. The molecule has 0 N–H and O–H groups in total. The minimum absolute atomic E-state index is 0.203. The Morgan fingerprint density at radius 2 is 1.70 bits per heavy atom. The Morgan fingerprint density at radius 1 is 0.957 bits per heavy atom. The number of rotatable bonds is 6. The van der Waals surface area contributed by atoms with Crippen molar-refractivity contribution in [2.75, 3.05) is 7.11 Å². The molecule has 3 aromatic rings. The average Bonchev–Trinajstić information content (AvgIpc) is 3.02. The van der Waals surface area contributed by atoms with Gasteiger partial charge in [-0.3, -0.25) is 0 Å². The van der Waals surface area contributed by atoms with E-state index < -0.39 is 0 Å². The lowest BCUT2D eigenvalue weighted by Gasteiger charge is -2.01. The monoisotopic (exact) mass is 312 g/mol. The number of hydrogen-bond acceptors (Lipinski definition) is 4. The molecule has 0 aliphatic heterocycles. The van der Waals surface area contributed by atoms with E-state index in [4.69, 9.17) is 9.15 Å². The molecular weight excluding hydrogens is 295 g/mol. The maximum atomic E-state index is 13.6. The van der Waals surface area contributed by atoms with Gasteiger partial charge in [-0.1, -0.05) is 30.3 Å². The normalized spacial score (nSPS) is 10.7. The van der Waals surface area contributed by atoms with Crippen LogP contribution in [0.3, 0.4) is 0 Å². The van der Waals surface area contributed by atoms with Crippen LogP contribution in [0.5, 0.6) is 5.75 Å². The molecule has 0 atom stereocenters. The molecule has 0 saturated heterocycles. The first-order valence-electron chi connectivity index (χ1n) is 7.42. The van der Waals surface area contributed by atoms with Gasteiger partial charge in [0.05, 0.1) is 13.5 Å². The number of aromatic nitrogens is 2. The van der Waals surface area contributed by atoms with Gasteiger partial charge in [-0.2, -0.15) is 0 Å². The van der Waals surface area contributed by atoms with E-state index in [0.29, 0.717) is 36.6 Å². The molecule has 4 nitrogen and oxygen atoms in total. The molecule has 0 spiro atoms. The summed E-state index contributed by atoms with van der Waals surface area (Å²) in [7, 11) is 1.63. The number of halogens is 1. The summed E-state index contributed by atoms with van der Waals surface area (Å²) in [5.41, 5.74) is 1.72. The second-order valence-electron chi connectivity index (χ2n) is 5.21. The summed E-state index contributed by atoms with van der Waals surface area (Å²) in [6.45, 7) is 0. The van der Waals surface area contributed by atoms with Crippen molar-refractivity contribution in [3.8, 4) is 5.75 Å². The maximum absolute atomic E-state index is 13.6. The van der Waals surface area contributed by atoms with Gasteiger partial charge in [0.15, 0.2) is 0 Å². The van der Waals surface area contributed by atoms with E-state index in [1.54, 1.807) is 19.2 Å². The Balaban J connectivity index is 1.60. The van der Waals surface area contributed by atoms with E-state index in [2.05, 4.69) is 10.2 Å². The van der Waals surface area contributed by atoms with Crippen molar-refractivity contribution in [3.05, 3.63) is 77.3 Å². The number of methoxy groups -OCH3 is 1. The van der Waals surface area contributed by atoms with Crippen molar-refractivity contribution < 1.29 is 13.5 Å². The third kappa shape index (κ3) is 3.94. The van der Waals surface area contributed by atoms with Crippen LogP contribution in [0.15, 0.2) is 52.9 Å². The molecule has 2 aromatic carbocycles. The topological polar surface area (TPSA) is 48.2 Å². The summed E-state index contributed by atoms with van der Waals surface area (Å²) >= 11 is 0. The molecular formula is C18H17FN2O2. The Labute approximate surface area is 133 Å². The molecule has 0 radical (unpaired) electrons. The predicted molar refractivity (Wildman–Crippen MR) is 83.9 cm³/mol. The van der Waals surface area contributed by atoms with Gasteiger partial charge in [0, 0.05) is 6.42 Å². The van der Waals surface area contributed by atoms with Crippen LogP contribution in [-0.2, 0) is 19.3 Å². The molecule has 23 heavy (non-hydrogen) atoms. The minimum Gasteiger partial charge on any atom is -0.497 e. The van der Waals surface area contributed by atoms with Gasteiger partial charge >= 0.3 is 0 Å². The quantitative estimate of drug-likeness (QED) is 0.698. The fourth-order valence-electron chi connectivity index (χ4n) is 2.32. The molecule has 5 heteroatoms. The van der Waals surface area contributed by atoms with Crippen LogP contribution < -0.4 is 4.74 Å². The first-order chi connectivity index (χ1) is 11.2. The van der Waals surface area contributed by atoms with E-state index in [9.17, 15) is 4.39 Å². The smallest absolute Gasteiger partial charge is 0.220 e. The van der Waals surface area contributed by atoms with E-state index in [-0.39, 0.29) is 5.82 Å². The summed E-state index contributed by atoms with van der Waals surface area (Å²) in [6.07, 6.45) is 1.63. The first-order valence-corrected chi connectivity index (χ1v) is 7.42. The van der Waals surface area contributed by atoms with Crippen molar-refractivity contribution in [1.29, 1.82) is 0 Å². The summed E-state index contributed by atoms with van der Waals surface area (Å²) in [5, 5.41) is 8.07. The largest absolute Gasteiger partial charge is 0.497 e. The molecule has 0 aliphatic carbocycles. The number of ether oxygens (including phenoxy) is 1. The Hall–Kier alpha value is -2.69. The highest BCUT2D eigenvalue weighted by Gasteiger charge is 2.09. The lowest BCUT2D eigenvalue weighted by atomic mass is 10.1. The highest BCUT2D eigenvalue weighted by Crippen LogP contribution is 2.15. The molecule has 3 rings (SSSR count). The highest BCUT2D eigenvalue weighted by molar-refractivity contribution is 5.28. The number of hydrogen-bond donors (Lipinski definition) is 0. The SMILES string of the molecule is COc1ccc(Cc2nnc(CCc3ccccc3F)o2)cc1. The maximum Gasteiger partial charge on any atom is 0.220 e. The Morgan fingerprint density at radius 3 is 2.43 bits per heavy atom. The van der Waals surface area contributed by atoms with Crippen LogP contribution in [-0.4, -0.2) is 17.3 Å². The Kier molecular flexibility index (Phi) is 4.66. The van der Waals surface area contributed by atoms with Crippen LogP contribution in [0.2, 0.25) is 0 Å². The fraction of sp³-hybridized carbons (Fsp3) is 0.222. The molecule has 0 unspecified atom stereocenters. The van der Waals surface area contributed by atoms with Gasteiger partial charge in [0.25, 0.3) is 0 Å². The van der Waals surface area contributed by atoms with E-state index in [1.807, 2.05) is 30.3 Å². The molecule has 118 valence electrons. The molecule has 1 aromatic heterocycles. The van der Waals surface area contributed by atoms with Gasteiger partial charge < -0.3 is 9.15 Å². The average molecular weight is 312 g/mol. The second kappa shape index (κ2) is 7.05. The zero-order chi connectivity index (χ0) is 16.1. The van der Waals surface area contributed by atoms with Gasteiger partial charge in [-0.05, 0) is 35.7 Å². The number of nitrogens with zero attached hydrogens (tertiary/aromatic N) is 2. The van der Waals surface area contributed by atoms with Crippen LogP contribution in [0, 0.1) is 5.82 Å². The van der Waals surface area contributed by atoms with E-state index in [0.717, 1.165) is 11.3 Å². The highest BCUT2D eigenvalue weighted by atomic mass is 19.1. The van der Waals surface area contributed by atoms with Crippen molar-refractivity contribution in [2.24, 2.45) is 0 Å². The number of benzene rings is 2. The van der Waals surface area contributed by atoms with Gasteiger partial charge in [0.1, 0.15) is 11.6 Å². The van der Waals surface area contributed by atoms with Crippen LogP contribution in [0.4, 0.5) is 4.39 Å². The van der Waals surface area contributed by atoms with E-state index >= 15 is 0 Å². The van der Waals surface area contributed by atoms with Gasteiger partial charge in [0.2, 0.25) is 11.8 Å². The minimum atomic E-state index is -0.203. The fourth-order valence-corrected chi connectivity index (χ4v) is 2.32. The predicted octanol–water partition coefficient (Wildman–Crippen LogP) is 3.59. The Bertz CT molecular complexity index is 769. The summed E-state index contributed by atoms with van der Waals surface area (Å²) in [6, 6.07) is 14.4. The van der Waals surface area contributed by atoms with Gasteiger partial charge in [-0.15, -0.1) is 10.2 Å². The standard InChI is InChI=1S/C18H17FN2O2/c1-22-15-9-6-13(7-10-15)12-18-21-20-17(23-18)11-8-14-4-2-3-5-16(14)19/h2-7,9-10H,8,11-12H2,1H3. The lowest BCUT2D eigenvalue weighted by Crippen LogP contribution is -1.94. The third-order valence-electron chi connectivity index (χ3n) is 3.59. The molecule has 0 saturated carbocycles. The third-order valence-corrected chi connectivity index (χ3v) is 3.59. The summed E-state index contributed by atoms with van der Waals surface area (Å²) < 4.78 is 24.3. The second-order valence-corrected chi connectivity index (χ2v) is 5.21. The molecule has 0 fully saturated rings. The first kappa shape index (κ1) is 15.2. The van der Waals surface area contributed by atoms with E-state index in [1.165, 1.54) is 6.07 Å². The molecule has 0 aliphatic rings. The van der Waals surface area contributed by atoms with Crippen LogP contribution in [0.25, 0.3) is 0 Å². The lowest BCUT2D eigenvalue weighted by molar-refractivity contribution is 0.414. The summed E-state index contributed by atoms with van der Waals surface area (Å²) in [4.78, 5) is 0. The molecule has 1 heterocycles. The molecule has 0 bridgehead atoms. The van der Waals surface area contributed by atoms with Crippen LogP contribution >= 0.6 is 0 Å². The van der Waals surface area contributed by atoms with Crippen molar-refractivity contribution in [1.82, 2.24) is 10.2 Å². The molecule has 0 amide bonds. The van der Waals surface area contributed by atoms with Crippen molar-refractivity contribution >= 4 is 0 Å². The summed E-state index contributed by atoms with van der Waals surface area (Å²) in [5.74, 6) is 1.69.